The Morgan fingerprint density at radius 2 is 1.82 bits per heavy atom. The summed E-state index contributed by atoms with van der Waals surface area (Å²) < 4.78 is 18.0. The largest absolute Gasteiger partial charge is 0.444 e. The van der Waals surface area contributed by atoms with Gasteiger partial charge in [0.1, 0.15) is 11.4 Å². The van der Waals surface area contributed by atoms with Crippen molar-refractivity contribution in [3.05, 3.63) is 35.6 Å². The Labute approximate surface area is 130 Å². The lowest BCUT2D eigenvalue weighted by Crippen LogP contribution is -2.44. The zero-order chi connectivity index (χ0) is 16.9. The first-order valence-electron chi connectivity index (χ1n) is 7.10. The van der Waals surface area contributed by atoms with Crippen molar-refractivity contribution in [2.24, 2.45) is 0 Å². The molecule has 0 saturated heterocycles. The molecule has 0 saturated carbocycles. The van der Waals surface area contributed by atoms with Crippen LogP contribution in [0.25, 0.3) is 0 Å². The van der Waals surface area contributed by atoms with Crippen molar-refractivity contribution in [3.8, 4) is 0 Å². The Kier molecular flexibility index (Phi) is 5.91. The summed E-state index contributed by atoms with van der Waals surface area (Å²) in [5.41, 5.74) is -0.170. The van der Waals surface area contributed by atoms with Crippen molar-refractivity contribution < 1.29 is 18.7 Å². The molecular weight excluding hydrogens is 287 g/mol. The predicted octanol–water partition coefficient (Wildman–Crippen LogP) is 2.81. The van der Waals surface area contributed by atoms with E-state index in [2.05, 4.69) is 5.32 Å². The second-order valence-electron chi connectivity index (χ2n) is 6.15. The van der Waals surface area contributed by atoms with Crippen LogP contribution < -0.4 is 5.32 Å². The Bertz CT molecular complexity index is 523. The van der Waals surface area contributed by atoms with Crippen LogP contribution in [0.3, 0.4) is 0 Å². The summed E-state index contributed by atoms with van der Waals surface area (Å²) in [6.45, 7) is 7.40. The highest BCUT2D eigenvalue weighted by Gasteiger charge is 2.20. The van der Waals surface area contributed by atoms with Gasteiger partial charge in [-0.15, -0.1) is 0 Å². The van der Waals surface area contributed by atoms with E-state index in [0.29, 0.717) is 5.56 Å². The fourth-order valence-corrected chi connectivity index (χ4v) is 1.68. The zero-order valence-electron chi connectivity index (χ0n) is 13.6. The average molecular weight is 310 g/mol. The number of hydrogen-bond acceptors (Lipinski definition) is 3. The number of carbonyl (C=O) groups is 2. The number of halogens is 1. The molecule has 0 aliphatic heterocycles. The monoisotopic (exact) mass is 310 g/mol. The number of amides is 2. The van der Waals surface area contributed by atoms with E-state index in [1.54, 1.807) is 34.7 Å². The summed E-state index contributed by atoms with van der Waals surface area (Å²) in [5, 5.41) is 2.62. The molecule has 0 heterocycles. The first kappa shape index (κ1) is 17.9. The van der Waals surface area contributed by atoms with E-state index in [9.17, 15) is 14.0 Å². The van der Waals surface area contributed by atoms with Crippen LogP contribution in [-0.2, 0) is 4.74 Å². The molecule has 1 atom stereocenters. The van der Waals surface area contributed by atoms with Crippen LogP contribution in [0.5, 0.6) is 0 Å². The van der Waals surface area contributed by atoms with Crippen LogP contribution in [-0.4, -0.2) is 42.1 Å². The number of alkyl carbamates (subject to hydrolysis) is 1. The fraction of sp³-hybridized carbons (Fsp3) is 0.500. The summed E-state index contributed by atoms with van der Waals surface area (Å²) in [6.07, 6.45) is -0.526. The normalized spacial score (nSPS) is 12.5. The first-order valence-corrected chi connectivity index (χ1v) is 7.10. The van der Waals surface area contributed by atoms with Crippen LogP contribution in [0.4, 0.5) is 9.18 Å². The van der Waals surface area contributed by atoms with E-state index in [1.807, 2.05) is 0 Å². The molecule has 0 aliphatic carbocycles. The predicted molar refractivity (Wildman–Crippen MR) is 82.2 cm³/mol. The highest BCUT2D eigenvalue weighted by Crippen LogP contribution is 2.09. The van der Waals surface area contributed by atoms with Gasteiger partial charge in [-0.25, -0.2) is 9.18 Å². The molecule has 1 rings (SSSR count). The molecule has 5 nitrogen and oxygen atoms in total. The molecule has 2 amide bonds. The number of likely N-dealkylation sites (N-methyl/N-ethyl adjacent to an activating group) is 1. The van der Waals surface area contributed by atoms with Gasteiger partial charge in [0, 0.05) is 25.2 Å². The lowest BCUT2D eigenvalue weighted by atomic mass is 10.1. The van der Waals surface area contributed by atoms with Gasteiger partial charge in [-0.1, -0.05) is 0 Å². The van der Waals surface area contributed by atoms with Crippen LogP contribution in [0, 0.1) is 5.82 Å². The third kappa shape index (κ3) is 5.71. The van der Waals surface area contributed by atoms with Crippen LogP contribution in [0.1, 0.15) is 38.1 Å². The minimum Gasteiger partial charge on any atom is -0.444 e. The van der Waals surface area contributed by atoms with E-state index in [-0.39, 0.29) is 24.3 Å². The van der Waals surface area contributed by atoms with Gasteiger partial charge in [-0.3, -0.25) is 4.79 Å². The molecule has 0 aromatic heterocycles. The third-order valence-electron chi connectivity index (χ3n) is 3.01. The van der Waals surface area contributed by atoms with Gasteiger partial charge in [0.05, 0.1) is 0 Å². The van der Waals surface area contributed by atoms with E-state index in [1.165, 1.54) is 29.2 Å². The Balaban J connectivity index is 2.54. The summed E-state index contributed by atoms with van der Waals surface area (Å²) >= 11 is 0. The van der Waals surface area contributed by atoms with Gasteiger partial charge in [-0.2, -0.15) is 0 Å². The minimum absolute atomic E-state index is 0.231. The molecule has 1 aromatic carbocycles. The number of rotatable bonds is 4. The van der Waals surface area contributed by atoms with Gasteiger partial charge in [0.15, 0.2) is 0 Å². The topological polar surface area (TPSA) is 58.6 Å². The quantitative estimate of drug-likeness (QED) is 0.930. The van der Waals surface area contributed by atoms with E-state index in [4.69, 9.17) is 4.74 Å². The Hall–Kier alpha value is -2.11. The summed E-state index contributed by atoms with van der Waals surface area (Å²) in [7, 11) is 1.63. The van der Waals surface area contributed by atoms with E-state index < -0.39 is 11.7 Å². The molecule has 1 N–H and O–H groups in total. The number of ether oxygens (including phenoxy) is 1. The van der Waals surface area contributed by atoms with Crippen molar-refractivity contribution >= 4 is 12.0 Å². The lowest BCUT2D eigenvalue weighted by molar-refractivity contribution is 0.0501. The van der Waals surface area contributed by atoms with Crippen molar-refractivity contribution in [1.82, 2.24) is 10.2 Å². The second kappa shape index (κ2) is 7.24. The highest BCUT2D eigenvalue weighted by atomic mass is 19.1. The van der Waals surface area contributed by atoms with Gasteiger partial charge in [-0.05, 0) is 52.0 Å². The molecule has 0 fully saturated rings. The molecular formula is C16H23FN2O3. The molecule has 0 spiro atoms. The second-order valence-corrected chi connectivity index (χ2v) is 6.15. The van der Waals surface area contributed by atoms with Gasteiger partial charge in [0.25, 0.3) is 5.91 Å². The van der Waals surface area contributed by atoms with Gasteiger partial charge >= 0.3 is 6.09 Å². The molecule has 0 aliphatic rings. The van der Waals surface area contributed by atoms with Crippen molar-refractivity contribution in [2.75, 3.05) is 13.6 Å². The standard InChI is InChI=1S/C16H23FN2O3/c1-11(10-18-15(21)22-16(2,3)4)19(5)14(20)12-6-8-13(17)9-7-12/h6-9,11H,10H2,1-5H3,(H,18,21)/t11-/m0/s1. The molecule has 122 valence electrons. The maximum atomic E-state index is 12.9. The average Bonchev–Trinajstić information content (AvgIpc) is 2.42. The Morgan fingerprint density at radius 3 is 2.32 bits per heavy atom. The number of benzene rings is 1. The number of nitrogens with one attached hydrogen (secondary N) is 1. The maximum absolute atomic E-state index is 12.9. The van der Waals surface area contributed by atoms with Crippen molar-refractivity contribution in [3.63, 3.8) is 0 Å². The zero-order valence-corrected chi connectivity index (χ0v) is 13.6. The molecule has 0 radical (unpaired) electrons. The third-order valence-corrected chi connectivity index (χ3v) is 3.01. The van der Waals surface area contributed by atoms with Crippen molar-refractivity contribution in [2.45, 2.75) is 39.3 Å². The minimum atomic E-state index is -0.566. The van der Waals surface area contributed by atoms with Crippen LogP contribution in [0.15, 0.2) is 24.3 Å². The number of nitrogens with zero attached hydrogens (tertiary/aromatic N) is 1. The molecule has 0 bridgehead atoms. The molecule has 1 aromatic rings. The lowest BCUT2D eigenvalue weighted by Gasteiger charge is -2.26. The van der Waals surface area contributed by atoms with Crippen LogP contribution in [0.2, 0.25) is 0 Å². The highest BCUT2D eigenvalue weighted by molar-refractivity contribution is 5.94. The van der Waals surface area contributed by atoms with E-state index >= 15 is 0 Å². The van der Waals surface area contributed by atoms with Gasteiger partial charge < -0.3 is 15.0 Å². The van der Waals surface area contributed by atoms with Crippen LogP contribution >= 0.6 is 0 Å². The number of hydrogen-bond donors (Lipinski definition) is 1. The number of carbonyl (C=O) groups excluding carboxylic acids is 2. The van der Waals surface area contributed by atoms with E-state index in [0.717, 1.165) is 0 Å². The summed E-state index contributed by atoms with van der Waals surface area (Å²) in [5.74, 6) is -0.627. The fourth-order valence-electron chi connectivity index (χ4n) is 1.68. The molecule has 6 heteroatoms. The van der Waals surface area contributed by atoms with Gasteiger partial charge in [0.2, 0.25) is 0 Å². The first-order chi connectivity index (χ1) is 10.1. The maximum Gasteiger partial charge on any atom is 0.407 e. The smallest absolute Gasteiger partial charge is 0.407 e. The Morgan fingerprint density at radius 1 is 1.27 bits per heavy atom. The summed E-state index contributed by atoms with van der Waals surface area (Å²) in [4.78, 5) is 25.3. The van der Waals surface area contributed by atoms with Crippen molar-refractivity contribution in [1.29, 1.82) is 0 Å². The summed E-state index contributed by atoms with van der Waals surface area (Å²) in [6, 6.07) is 5.12. The SMILES string of the molecule is C[C@@H](CNC(=O)OC(C)(C)C)N(C)C(=O)c1ccc(F)cc1. The molecule has 22 heavy (non-hydrogen) atoms. The molecule has 0 unspecified atom stereocenters.